The van der Waals surface area contributed by atoms with E-state index in [0.717, 1.165) is 36.5 Å². The van der Waals surface area contributed by atoms with Gasteiger partial charge in [0.2, 0.25) is 0 Å². The number of alkyl halides is 2. The SMILES string of the molecule is Cl[C@@]12C[C@H]3[C@@H]4C[C@H]5C([C@H]41)[C@](Cl)(C[C@@H]35)O2. The fourth-order valence-corrected chi connectivity index (χ4v) is 7.12. The van der Waals surface area contributed by atoms with Crippen molar-refractivity contribution in [2.75, 3.05) is 0 Å². The van der Waals surface area contributed by atoms with Crippen LogP contribution in [-0.2, 0) is 4.74 Å². The molecule has 14 heavy (non-hydrogen) atoms. The average molecular weight is 231 g/mol. The highest BCUT2D eigenvalue weighted by Gasteiger charge is 2.82. The minimum Gasteiger partial charge on any atom is -0.337 e. The molecule has 0 aromatic rings. The smallest absolute Gasteiger partial charge is 0.147 e. The Labute approximate surface area is 93.1 Å². The van der Waals surface area contributed by atoms with E-state index in [4.69, 9.17) is 27.9 Å². The second kappa shape index (κ2) is 1.78. The second-order valence-electron chi connectivity index (χ2n) is 6.03. The Balaban J connectivity index is 1.86. The Kier molecular flexibility index (Phi) is 0.989. The van der Waals surface area contributed by atoms with Crippen LogP contribution in [0.4, 0.5) is 0 Å². The summed E-state index contributed by atoms with van der Waals surface area (Å²) in [7, 11) is 0. The maximum atomic E-state index is 6.62. The molecule has 0 radical (unpaired) electrons. The van der Waals surface area contributed by atoms with Crippen LogP contribution < -0.4 is 0 Å². The van der Waals surface area contributed by atoms with Gasteiger partial charge in [0.05, 0.1) is 0 Å². The van der Waals surface area contributed by atoms with Gasteiger partial charge in [0.1, 0.15) is 10.1 Å². The van der Waals surface area contributed by atoms with E-state index in [-0.39, 0.29) is 10.1 Å². The van der Waals surface area contributed by atoms with E-state index in [1.165, 1.54) is 6.42 Å². The Hall–Kier alpha value is 0.540. The number of halogens is 2. The normalized spacial score (nSPS) is 81.0. The third-order valence-corrected chi connectivity index (χ3v) is 6.83. The predicted molar refractivity (Wildman–Crippen MR) is 53.0 cm³/mol. The first-order valence-electron chi connectivity index (χ1n) is 5.70. The highest BCUT2D eigenvalue weighted by atomic mass is 35.5. The van der Waals surface area contributed by atoms with Gasteiger partial charge in [-0.15, -0.1) is 0 Å². The minimum absolute atomic E-state index is 0.359. The van der Waals surface area contributed by atoms with Crippen molar-refractivity contribution in [3.8, 4) is 0 Å². The molecule has 5 fully saturated rings. The van der Waals surface area contributed by atoms with Gasteiger partial charge in [-0.25, -0.2) is 0 Å². The molecule has 1 nitrogen and oxygen atoms in total. The third-order valence-electron chi connectivity index (χ3n) is 5.87. The maximum absolute atomic E-state index is 6.62. The van der Waals surface area contributed by atoms with Gasteiger partial charge < -0.3 is 4.74 Å². The van der Waals surface area contributed by atoms with Crippen molar-refractivity contribution in [2.45, 2.75) is 29.4 Å². The van der Waals surface area contributed by atoms with Gasteiger partial charge >= 0.3 is 0 Å². The van der Waals surface area contributed by atoms with Crippen LogP contribution in [-0.4, -0.2) is 10.1 Å². The molecule has 1 heterocycles. The number of hydrogen-bond acceptors (Lipinski definition) is 1. The number of fused-ring (bicyclic) bond motifs is 1. The van der Waals surface area contributed by atoms with Gasteiger partial charge in [0.25, 0.3) is 0 Å². The maximum Gasteiger partial charge on any atom is 0.147 e. The molecule has 0 amide bonds. The van der Waals surface area contributed by atoms with Crippen molar-refractivity contribution in [1.29, 1.82) is 0 Å². The molecular weight excluding hydrogens is 219 g/mol. The molecule has 1 saturated heterocycles. The molecule has 76 valence electrons. The fraction of sp³-hybridized carbons (Fsp3) is 1.00. The molecule has 0 N–H and O–H groups in total. The zero-order valence-corrected chi connectivity index (χ0v) is 9.26. The van der Waals surface area contributed by atoms with E-state index in [1.807, 2.05) is 0 Å². The standard InChI is InChI=1S/C11H12Cl2O/c12-10-2-6-4-1-5-7(6)3-11(13,14-10)9(5)8(4)10/h4-9H,1-3H2/t4-,5+,6-,7+,8-,9?,10+,11-/m0/s1. The molecule has 2 bridgehead atoms. The van der Waals surface area contributed by atoms with Crippen LogP contribution in [0.1, 0.15) is 19.3 Å². The Morgan fingerprint density at radius 3 is 1.86 bits per heavy atom. The van der Waals surface area contributed by atoms with Gasteiger partial charge in [-0.1, -0.05) is 23.2 Å². The lowest BCUT2D eigenvalue weighted by molar-refractivity contribution is -0.0159. The van der Waals surface area contributed by atoms with Crippen LogP contribution in [0.5, 0.6) is 0 Å². The van der Waals surface area contributed by atoms with E-state index < -0.39 is 0 Å². The largest absolute Gasteiger partial charge is 0.337 e. The van der Waals surface area contributed by atoms with Crippen LogP contribution in [0.3, 0.4) is 0 Å². The van der Waals surface area contributed by atoms with Gasteiger partial charge in [-0.05, 0) is 42.9 Å². The van der Waals surface area contributed by atoms with Crippen molar-refractivity contribution in [3.63, 3.8) is 0 Å². The number of rotatable bonds is 0. The molecule has 8 atom stereocenters. The lowest BCUT2D eigenvalue weighted by atomic mass is 9.80. The summed E-state index contributed by atoms with van der Waals surface area (Å²) < 4.78 is 6.04. The van der Waals surface area contributed by atoms with Gasteiger partial charge in [-0.3, -0.25) is 0 Å². The molecule has 0 spiro atoms. The van der Waals surface area contributed by atoms with Crippen LogP contribution >= 0.6 is 23.2 Å². The number of hydrogen-bond donors (Lipinski definition) is 0. The van der Waals surface area contributed by atoms with Crippen molar-refractivity contribution < 1.29 is 4.74 Å². The van der Waals surface area contributed by atoms with E-state index >= 15 is 0 Å². The summed E-state index contributed by atoms with van der Waals surface area (Å²) in [6.45, 7) is 0. The van der Waals surface area contributed by atoms with E-state index in [0.29, 0.717) is 11.8 Å². The topological polar surface area (TPSA) is 9.23 Å². The van der Waals surface area contributed by atoms with Gasteiger partial charge in [0, 0.05) is 11.8 Å². The average Bonchev–Trinajstić information content (AvgIpc) is 2.69. The van der Waals surface area contributed by atoms with Crippen LogP contribution in [0.2, 0.25) is 0 Å². The molecule has 0 aromatic heterocycles. The molecule has 5 aliphatic rings. The zero-order valence-electron chi connectivity index (χ0n) is 7.75. The van der Waals surface area contributed by atoms with E-state index in [2.05, 4.69) is 0 Å². The lowest BCUT2D eigenvalue weighted by Crippen LogP contribution is -2.27. The van der Waals surface area contributed by atoms with Crippen molar-refractivity contribution in [2.24, 2.45) is 35.5 Å². The van der Waals surface area contributed by atoms with Crippen molar-refractivity contribution in [3.05, 3.63) is 0 Å². The molecular formula is C11H12Cl2O. The molecule has 4 aliphatic carbocycles. The lowest BCUT2D eigenvalue weighted by Gasteiger charge is -2.24. The number of ether oxygens (including phenoxy) is 1. The summed E-state index contributed by atoms with van der Waals surface area (Å²) in [6.07, 6.45) is 3.56. The highest BCUT2D eigenvalue weighted by molar-refractivity contribution is 6.27. The monoisotopic (exact) mass is 230 g/mol. The molecule has 5 rings (SSSR count). The second-order valence-corrected chi connectivity index (χ2v) is 7.30. The summed E-state index contributed by atoms with van der Waals surface area (Å²) in [4.78, 5) is 0. The summed E-state index contributed by atoms with van der Waals surface area (Å²) >= 11 is 13.2. The Morgan fingerprint density at radius 1 is 0.857 bits per heavy atom. The summed E-state index contributed by atoms with van der Waals surface area (Å²) in [5, 5.41) is -0.719. The first-order chi connectivity index (χ1) is 6.62. The molecule has 0 aromatic carbocycles. The first-order valence-corrected chi connectivity index (χ1v) is 6.46. The molecule has 4 saturated carbocycles. The van der Waals surface area contributed by atoms with Crippen molar-refractivity contribution in [1.82, 2.24) is 0 Å². The molecule has 1 aliphatic heterocycles. The van der Waals surface area contributed by atoms with Crippen molar-refractivity contribution >= 4 is 23.2 Å². The minimum atomic E-state index is -0.359. The predicted octanol–water partition coefficient (Wildman–Crippen LogP) is 2.81. The molecule has 3 heteroatoms. The van der Waals surface area contributed by atoms with Gasteiger partial charge in [-0.2, -0.15) is 0 Å². The zero-order chi connectivity index (χ0) is 9.29. The summed E-state index contributed by atoms with van der Waals surface area (Å²) in [6, 6.07) is 0. The van der Waals surface area contributed by atoms with Crippen LogP contribution in [0, 0.1) is 35.5 Å². The fourth-order valence-electron chi connectivity index (χ4n) is 5.85. The first kappa shape index (κ1) is 7.76. The van der Waals surface area contributed by atoms with Gasteiger partial charge in [0.15, 0.2) is 0 Å². The highest BCUT2D eigenvalue weighted by Crippen LogP contribution is 2.82. The molecule has 1 unspecified atom stereocenters. The summed E-state index contributed by atoms with van der Waals surface area (Å²) in [5.74, 6) is 4.60. The third kappa shape index (κ3) is 0.522. The quantitative estimate of drug-likeness (QED) is 0.582. The Morgan fingerprint density at radius 2 is 1.36 bits per heavy atom. The van der Waals surface area contributed by atoms with E-state index in [1.54, 1.807) is 0 Å². The Bertz CT molecular complexity index is 323. The van der Waals surface area contributed by atoms with E-state index in [9.17, 15) is 0 Å². The van der Waals surface area contributed by atoms with Crippen LogP contribution in [0.25, 0.3) is 0 Å². The van der Waals surface area contributed by atoms with Crippen LogP contribution in [0.15, 0.2) is 0 Å². The summed E-state index contributed by atoms with van der Waals surface area (Å²) in [5.41, 5.74) is 0.